The van der Waals surface area contributed by atoms with Crippen LogP contribution in [0, 0.1) is 6.42 Å². The minimum absolute atomic E-state index is 0.302. The number of piperazine rings is 1. The van der Waals surface area contributed by atoms with E-state index in [1.807, 2.05) is 0 Å². The first-order chi connectivity index (χ1) is 6.75. The Balaban J connectivity index is 1.78. The average molecular weight is 200 g/mol. The molecular weight excluding hydrogens is 181 g/mol. The summed E-state index contributed by atoms with van der Waals surface area (Å²) in [6.45, 7) is 4.91. The van der Waals surface area contributed by atoms with Gasteiger partial charge in [0.1, 0.15) is 6.17 Å². The molecule has 0 aromatic carbocycles. The van der Waals surface area contributed by atoms with Gasteiger partial charge in [-0.05, 0) is 19.9 Å². The molecule has 0 aliphatic carbocycles. The molecule has 2 aliphatic rings. The third kappa shape index (κ3) is 2.43. The van der Waals surface area contributed by atoms with Gasteiger partial charge in [-0.1, -0.05) is 0 Å². The Labute approximate surface area is 85.2 Å². The fourth-order valence-electron chi connectivity index (χ4n) is 2.07. The highest BCUT2D eigenvalue weighted by atomic mass is 19.1. The molecule has 81 valence electrons. The van der Waals surface area contributed by atoms with E-state index >= 15 is 0 Å². The van der Waals surface area contributed by atoms with Gasteiger partial charge in [-0.2, -0.15) is 0 Å². The van der Waals surface area contributed by atoms with Gasteiger partial charge in [0.25, 0.3) is 0 Å². The first-order valence-corrected chi connectivity index (χ1v) is 5.39. The molecule has 0 saturated carbocycles. The number of hydrogen-bond acceptors (Lipinski definition) is 3. The second kappa shape index (κ2) is 4.55. The normalized spacial score (nSPS) is 37.3. The van der Waals surface area contributed by atoms with Crippen LogP contribution in [0.5, 0.6) is 0 Å². The highest BCUT2D eigenvalue weighted by Gasteiger charge is 2.26. The van der Waals surface area contributed by atoms with E-state index in [2.05, 4.69) is 28.6 Å². The smallest absolute Gasteiger partial charge is 0.113 e. The van der Waals surface area contributed by atoms with E-state index < -0.39 is 6.17 Å². The number of alkyl halides is 1. The molecule has 1 N–H and O–H groups in total. The quantitative estimate of drug-likeness (QED) is 0.647. The topological polar surface area (TPSA) is 18.5 Å². The van der Waals surface area contributed by atoms with Crippen LogP contribution in [-0.4, -0.2) is 61.9 Å². The molecule has 0 amide bonds. The zero-order chi connectivity index (χ0) is 9.97. The molecule has 0 aromatic heterocycles. The first kappa shape index (κ1) is 10.3. The van der Waals surface area contributed by atoms with Crippen molar-refractivity contribution in [2.45, 2.75) is 18.8 Å². The van der Waals surface area contributed by atoms with Crippen LogP contribution in [0.4, 0.5) is 4.39 Å². The van der Waals surface area contributed by atoms with Gasteiger partial charge in [0.2, 0.25) is 0 Å². The second-order valence-electron chi connectivity index (χ2n) is 4.26. The largest absolute Gasteiger partial charge is 0.304 e. The Morgan fingerprint density at radius 1 is 1.29 bits per heavy atom. The van der Waals surface area contributed by atoms with Crippen molar-refractivity contribution in [2.75, 3.05) is 39.8 Å². The molecule has 2 fully saturated rings. The molecule has 2 rings (SSSR count). The first-order valence-electron chi connectivity index (χ1n) is 5.39. The lowest BCUT2D eigenvalue weighted by Crippen LogP contribution is -2.56. The highest BCUT2D eigenvalue weighted by Crippen LogP contribution is 2.14. The van der Waals surface area contributed by atoms with E-state index in [0.717, 1.165) is 26.2 Å². The number of rotatable bonds is 1. The van der Waals surface area contributed by atoms with Crippen LogP contribution in [0.3, 0.4) is 0 Å². The molecule has 14 heavy (non-hydrogen) atoms. The monoisotopic (exact) mass is 200 g/mol. The lowest BCUT2D eigenvalue weighted by Gasteiger charge is -2.40. The Bertz CT molecular complexity index is 152. The summed E-state index contributed by atoms with van der Waals surface area (Å²) in [6.07, 6.45) is 2.29. The maximum atomic E-state index is 12.9. The number of piperidine rings is 1. The van der Waals surface area contributed by atoms with Gasteiger partial charge in [-0.25, -0.2) is 4.39 Å². The summed E-state index contributed by atoms with van der Waals surface area (Å²) < 4.78 is 12.9. The second-order valence-corrected chi connectivity index (χ2v) is 4.26. The predicted molar refractivity (Wildman–Crippen MR) is 54.7 cm³/mol. The van der Waals surface area contributed by atoms with Gasteiger partial charge >= 0.3 is 0 Å². The predicted octanol–water partition coefficient (Wildman–Crippen LogP) is 0.0956. The van der Waals surface area contributed by atoms with Crippen molar-refractivity contribution in [3.8, 4) is 0 Å². The van der Waals surface area contributed by atoms with Crippen LogP contribution < -0.4 is 5.32 Å². The summed E-state index contributed by atoms with van der Waals surface area (Å²) in [5.41, 5.74) is 0. The molecule has 4 heteroatoms. The van der Waals surface area contributed by atoms with Crippen molar-refractivity contribution >= 4 is 0 Å². The van der Waals surface area contributed by atoms with Crippen molar-refractivity contribution in [1.82, 2.24) is 15.1 Å². The van der Waals surface area contributed by atoms with Crippen molar-refractivity contribution in [3.63, 3.8) is 0 Å². The van der Waals surface area contributed by atoms with Gasteiger partial charge < -0.3 is 4.90 Å². The summed E-state index contributed by atoms with van der Waals surface area (Å²) in [4.78, 5) is 4.73. The standard InChI is InChI=1S/C10H19FN3/c1-13-4-6-14(7-5-13)10-3-2-9(11)8-12-10/h3,9-10,12H,2,4-8H2,1H3. The van der Waals surface area contributed by atoms with E-state index in [4.69, 9.17) is 0 Å². The molecule has 1 radical (unpaired) electrons. The summed E-state index contributed by atoms with van der Waals surface area (Å²) in [7, 11) is 2.15. The maximum absolute atomic E-state index is 12.9. The molecular formula is C10H19FN3. The van der Waals surface area contributed by atoms with Gasteiger partial charge in [0.15, 0.2) is 0 Å². The fourth-order valence-corrected chi connectivity index (χ4v) is 2.07. The van der Waals surface area contributed by atoms with Crippen molar-refractivity contribution in [1.29, 1.82) is 0 Å². The van der Waals surface area contributed by atoms with Gasteiger partial charge in [0.05, 0.1) is 6.17 Å². The molecule has 2 aliphatic heterocycles. The van der Waals surface area contributed by atoms with Crippen LogP contribution in [0.1, 0.15) is 6.42 Å². The molecule has 0 aromatic rings. The van der Waals surface area contributed by atoms with E-state index in [1.54, 1.807) is 0 Å². The maximum Gasteiger partial charge on any atom is 0.113 e. The lowest BCUT2D eigenvalue weighted by molar-refractivity contribution is 0.0890. The number of hydrogen-bond donors (Lipinski definition) is 1. The lowest BCUT2D eigenvalue weighted by atomic mass is 10.1. The Morgan fingerprint density at radius 2 is 2.00 bits per heavy atom. The summed E-state index contributed by atoms with van der Waals surface area (Å²) in [5.74, 6) is 0. The minimum Gasteiger partial charge on any atom is -0.304 e. The SMILES string of the molecule is CN1CCN(C2[CH]CC(F)CN2)CC1. The number of nitrogens with zero attached hydrogens (tertiary/aromatic N) is 2. The van der Waals surface area contributed by atoms with Crippen molar-refractivity contribution < 1.29 is 4.39 Å². The number of likely N-dealkylation sites (N-methyl/N-ethyl adjacent to an activating group) is 1. The third-order valence-corrected chi connectivity index (χ3v) is 3.09. The van der Waals surface area contributed by atoms with Crippen LogP contribution in [0.25, 0.3) is 0 Å². The van der Waals surface area contributed by atoms with E-state index in [1.165, 1.54) is 0 Å². The molecule has 0 spiro atoms. The molecule has 2 atom stereocenters. The fraction of sp³-hybridized carbons (Fsp3) is 0.900. The van der Waals surface area contributed by atoms with Crippen molar-refractivity contribution in [2.24, 2.45) is 0 Å². The number of nitrogens with one attached hydrogen (secondary N) is 1. The van der Waals surface area contributed by atoms with Crippen LogP contribution in [0.15, 0.2) is 0 Å². The molecule has 0 bridgehead atoms. The summed E-state index contributed by atoms with van der Waals surface area (Å²) >= 11 is 0. The third-order valence-electron chi connectivity index (χ3n) is 3.09. The van der Waals surface area contributed by atoms with Crippen LogP contribution >= 0.6 is 0 Å². The Hall–Kier alpha value is -0.190. The average Bonchev–Trinajstić information content (AvgIpc) is 2.21. The minimum atomic E-state index is -0.682. The van der Waals surface area contributed by atoms with Gasteiger partial charge in [-0.15, -0.1) is 0 Å². The van der Waals surface area contributed by atoms with Crippen molar-refractivity contribution in [3.05, 3.63) is 6.42 Å². The zero-order valence-electron chi connectivity index (χ0n) is 8.75. The van der Waals surface area contributed by atoms with E-state index in [9.17, 15) is 4.39 Å². The highest BCUT2D eigenvalue weighted by molar-refractivity contribution is 4.92. The molecule has 2 heterocycles. The van der Waals surface area contributed by atoms with E-state index in [-0.39, 0.29) is 0 Å². The van der Waals surface area contributed by atoms with Gasteiger partial charge in [-0.3, -0.25) is 10.2 Å². The van der Waals surface area contributed by atoms with Crippen LogP contribution in [-0.2, 0) is 0 Å². The molecule has 2 unspecified atom stereocenters. The summed E-state index contributed by atoms with van der Waals surface area (Å²) in [5, 5.41) is 3.23. The van der Waals surface area contributed by atoms with E-state index in [0.29, 0.717) is 19.1 Å². The summed E-state index contributed by atoms with van der Waals surface area (Å²) in [6, 6.07) is 0. The Morgan fingerprint density at radius 3 is 2.57 bits per heavy atom. The molecule has 3 nitrogen and oxygen atoms in total. The molecule has 2 saturated heterocycles. The zero-order valence-corrected chi connectivity index (χ0v) is 8.75. The van der Waals surface area contributed by atoms with Gasteiger partial charge in [0, 0.05) is 32.7 Å². The van der Waals surface area contributed by atoms with Crippen LogP contribution in [0.2, 0.25) is 0 Å². The number of halogens is 1. The Kier molecular flexibility index (Phi) is 3.36.